The molecule has 0 radical (unpaired) electrons. The summed E-state index contributed by atoms with van der Waals surface area (Å²) in [5, 5.41) is 7.84. The van der Waals surface area contributed by atoms with E-state index < -0.39 is 8.07 Å². The van der Waals surface area contributed by atoms with E-state index in [-0.39, 0.29) is 0 Å². The number of nitrogens with zero attached hydrogens (tertiary/aromatic N) is 3. The van der Waals surface area contributed by atoms with Crippen LogP contribution in [0.3, 0.4) is 0 Å². The maximum absolute atomic E-state index is 5.36. The number of aromatic nitrogens is 3. The summed E-state index contributed by atoms with van der Waals surface area (Å²) in [6.07, 6.45) is 0. The molecule has 1 aliphatic heterocycles. The fourth-order valence-electron chi connectivity index (χ4n) is 8.42. The van der Waals surface area contributed by atoms with Gasteiger partial charge in [0, 0.05) is 16.7 Å². The molecular weight excluding hydrogens is 659 g/mol. The summed E-state index contributed by atoms with van der Waals surface area (Å²) in [7, 11) is -2.20. The van der Waals surface area contributed by atoms with Crippen molar-refractivity contribution in [3.63, 3.8) is 0 Å². The van der Waals surface area contributed by atoms with Crippen molar-refractivity contribution in [1.82, 2.24) is 15.0 Å². The minimum absolute atomic E-state index is 0.667. The molecular formula is C49H35N3Si. The van der Waals surface area contributed by atoms with Crippen molar-refractivity contribution in [3.8, 4) is 67.5 Å². The van der Waals surface area contributed by atoms with Gasteiger partial charge in [0.2, 0.25) is 0 Å². The first-order valence-electron chi connectivity index (χ1n) is 18.2. The first-order chi connectivity index (χ1) is 26.0. The van der Waals surface area contributed by atoms with Crippen LogP contribution < -0.4 is 10.4 Å². The molecule has 10 rings (SSSR count). The van der Waals surface area contributed by atoms with Gasteiger partial charge in [-0.3, -0.25) is 0 Å². The predicted octanol–water partition coefficient (Wildman–Crippen LogP) is 11.3. The smallest absolute Gasteiger partial charge is 0.164 e. The molecule has 0 fully saturated rings. The van der Waals surface area contributed by atoms with Crippen molar-refractivity contribution in [3.05, 3.63) is 176 Å². The SMILES string of the molecule is C[Si]1(C)c2c(-c3nc(-c4ccc5cc(-c6ccccc6)ccc5c4)nc(-c4ccccc4-c4ccccc4)n3)cccc2-c2ccc3ccccc3c21. The Labute approximate surface area is 310 Å². The van der Waals surface area contributed by atoms with Crippen LogP contribution in [0.4, 0.5) is 0 Å². The van der Waals surface area contributed by atoms with Gasteiger partial charge in [-0.2, -0.15) is 0 Å². The van der Waals surface area contributed by atoms with Gasteiger partial charge in [-0.25, -0.2) is 15.0 Å². The van der Waals surface area contributed by atoms with Crippen LogP contribution in [0.1, 0.15) is 0 Å². The van der Waals surface area contributed by atoms with Crippen LogP contribution in [-0.2, 0) is 0 Å². The van der Waals surface area contributed by atoms with Crippen LogP contribution in [0.15, 0.2) is 176 Å². The molecule has 0 atom stereocenters. The lowest BCUT2D eigenvalue weighted by Gasteiger charge is -2.23. The zero-order chi connectivity index (χ0) is 35.5. The molecule has 0 amide bonds. The van der Waals surface area contributed by atoms with E-state index in [1.54, 1.807) is 0 Å². The van der Waals surface area contributed by atoms with E-state index >= 15 is 0 Å². The lowest BCUT2D eigenvalue weighted by molar-refractivity contribution is 1.08. The molecule has 8 aromatic carbocycles. The Morgan fingerprint density at radius 1 is 0.321 bits per heavy atom. The van der Waals surface area contributed by atoms with Gasteiger partial charge in [0.25, 0.3) is 0 Å². The van der Waals surface area contributed by atoms with E-state index in [1.165, 1.54) is 48.8 Å². The third-order valence-corrected chi connectivity index (χ3v) is 14.4. The molecule has 0 aliphatic carbocycles. The highest BCUT2D eigenvalue weighted by atomic mass is 28.3. The molecule has 9 aromatic rings. The summed E-state index contributed by atoms with van der Waals surface area (Å²) in [5.41, 5.74) is 10.3. The topological polar surface area (TPSA) is 38.7 Å². The Bertz CT molecular complexity index is 2860. The molecule has 0 spiro atoms. The summed E-state index contributed by atoms with van der Waals surface area (Å²) in [5.74, 6) is 2.05. The zero-order valence-corrected chi connectivity index (χ0v) is 30.6. The van der Waals surface area contributed by atoms with Crippen molar-refractivity contribution in [2.24, 2.45) is 0 Å². The van der Waals surface area contributed by atoms with E-state index in [2.05, 4.69) is 189 Å². The quantitative estimate of drug-likeness (QED) is 0.168. The average molecular weight is 694 g/mol. The fourth-order valence-corrected chi connectivity index (χ4v) is 12.2. The van der Waals surface area contributed by atoms with E-state index in [4.69, 9.17) is 15.0 Å². The van der Waals surface area contributed by atoms with Crippen molar-refractivity contribution >= 4 is 40.0 Å². The summed E-state index contributed by atoms with van der Waals surface area (Å²) >= 11 is 0. The van der Waals surface area contributed by atoms with E-state index in [1.807, 2.05) is 0 Å². The van der Waals surface area contributed by atoms with Crippen LogP contribution in [-0.4, -0.2) is 23.0 Å². The summed E-state index contributed by atoms with van der Waals surface area (Å²) in [6, 6.07) is 62.8. The maximum Gasteiger partial charge on any atom is 0.164 e. The Morgan fingerprint density at radius 2 is 0.849 bits per heavy atom. The van der Waals surface area contributed by atoms with Crippen molar-refractivity contribution in [2.45, 2.75) is 13.1 Å². The van der Waals surface area contributed by atoms with Crippen LogP contribution >= 0.6 is 0 Å². The summed E-state index contributed by atoms with van der Waals surface area (Å²) < 4.78 is 0. The molecule has 2 heterocycles. The van der Waals surface area contributed by atoms with E-state index in [9.17, 15) is 0 Å². The number of benzene rings is 8. The minimum Gasteiger partial charge on any atom is -0.208 e. The Morgan fingerprint density at radius 3 is 1.62 bits per heavy atom. The van der Waals surface area contributed by atoms with Gasteiger partial charge in [-0.05, 0) is 77.4 Å². The number of fused-ring (bicyclic) bond motifs is 6. The van der Waals surface area contributed by atoms with Crippen LogP contribution in [0.2, 0.25) is 13.1 Å². The Hall–Kier alpha value is -6.49. The first-order valence-corrected chi connectivity index (χ1v) is 21.2. The van der Waals surface area contributed by atoms with Gasteiger partial charge in [-0.1, -0.05) is 177 Å². The van der Waals surface area contributed by atoms with Crippen LogP contribution in [0.5, 0.6) is 0 Å². The van der Waals surface area contributed by atoms with E-state index in [0.29, 0.717) is 17.5 Å². The zero-order valence-electron chi connectivity index (χ0n) is 29.6. The summed E-state index contributed by atoms with van der Waals surface area (Å²) in [4.78, 5) is 16.0. The Kier molecular flexibility index (Phi) is 7.27. The highest BCUT2D eigenvalue weighted by Gasteiger charge is 2.41. The van der Waals surface area contributed by atoms with E-state index in [0.717, 1.165) is 33.2 Å². The van der Waals surface area contributed by atoms with Gasteiger partial charge in [0.1, 0.15) is 8.07 Å². The average Bonchev–Trinajstić information content (AvgIpc) is 3.47. The second kappa shape index (κ2) is 12.3. The third kappa shape index (κ3) is 5.22. The third-order valence-electron chi connectivity index (χ3n) is 10.9. The number of rotatable bonds is 5. The summed E-state index contributed by atoms with van der Waals surface area (Å²) in [6.45, 7) is 4.96. The van der Waals surface area contributed by atoms with Gasteiger partial charge in [0.15, 0.2) is 17.5 Å². The molecule has 0 saturated carbocycles. The van der Waals surface area contributed by atoms with Gasteiger partial charge < -0.3 is 0 Å². The molecule has 53 heavy (non-hydrogen) atoms. The predicted molar refractivity (Wildman–Crippen MR) is 224 cm³/mol. The van der Waals surface area contributed by atoms with Gasteiger partial charge in [-0.15, -0.1) is 0 Å². The minimum atomic E-state index is -2.20. The fraction of sp³-hybridized carbons (Fsp3) is 0.0408. The maximum atomic E-state index is 5.36. The number of hydrogen-bond acceptors (Lipinski definition) is 3. The lowest BCUT2D eigenvalue weighted by Crippen LogP contribution is -2.50. The Balaban J connectivity index is 1.18. The van der Waals surface area contributed by atoms with Crippen LogP contribution in [0.25, 0.3) is 89.1 Å². The molecule has 1 aromatic heterocycles. The second-order valence-corrected chi connectivity index (χ2v) is 18.7. The van der Waals surface area contributed by atoms with Gasteiger partial charge >= 0.3 is 0 Å². The molecule has 4 heteroatoms. The molecule has 0 unspecified atom stereocenters. The van der Waals surface area contributed by atoms with Crippen LogP contribution in [0, 0.1) is 0 Å². The standard InChI is InChI=1S/C49H35N3Si/c1-53(2)45-40-20-10-9-18-34(40)28-29-42(45)41-22-13-23-44(46(41)53)49-51-47(50-48(52-49)43-21-12-11-19-39(43)33-16-7-4-8-17-33)38-27-26-36-30-35(24-25-37(36)31-38)32-14-5-3-6-15-32/h3-31H,1-2H3. The monoisotopic (exact) mass is 693 g/mol. The molecule has 0 saturated heterocycles. The first kappa shape index (κ1) is 31.3. The van der Waals surface area contributed by atoms with Crippen molar-refractivity contribution in [2.75, 3.05) is 0 Å². The van der Waals surface area contributed by atoms with Crippen molar-refractivity contribution < 1.29 is 0 Å². The molecule has 0 bridgehead atoms. The molecule has 0 N–H and O–H groups in total. The number of hydrogen-bond donors (Lipinski definition) is 0. The highest BCUT2D eigenvalue weighted by Crippen LogP contribution is 2.37. The lowest BCUT2D eigenvalue weighted by atomic mass is 9.98. The molecule has 250 valence electrons. The van der Waals surface area contributed by atoms with Gasteiger partial charge in [0.05, 0.1) is 0 Å². The van der Waals surface area contributed by atoms with Crippen molar-refractivity contribution in [1.29, 1.82) is 0 Å². The normalized spacial score (nSPS) is 12.9. The highest BCUT2D eigenvalue weighted by molar-refractivity contribution is 7.05. The molecule has 1 aliphatic rings. The second-order valence-electron chi connectivity index (χ2n) is 14.4. The largest absolute Gasteiger partial charge is 0.208 e. The molecule has 3 nitrogen and oxygen atoms in total.